The molecule has 1 aromatic rings. The van der Waals surface area contributed by atoms with Crippen molar-refractivity contribution in [3.05, 3.63) is 35.1 Å². The van der Waals surface area contributed by atoms with E-state index in [1.54, 1.807) is 19.9 Å². The van der Waals surface area contributed by atoms with Crippen LogP contribution < -0.4 is 5.32 Å². The molecule has 3 nitrogen and oxygen atoms in total. The maximum absolute atomic E-state index is 13.3. The summed E-state index contributed by atoms with van der Waals surface area (Å²) in [5.74, 6) is -0.186. The third-order valence-corrected chi connectivity index (χ3v) is 2.73. The second-order valence-corrected chi connectivity index (χ2v) is 5.42. The molecule has 0 radical (unpaired) electrons. The van der Waals surface area contributed by atoms with Crippen molar-refractivity contribution >= 4 is 0 Å². The maximum atomic E-state index is 13.3. The van der Waals surface area contributed by atoms with Gasteiger partial charge in [0.1, 0.15) is 5.82 Å². The van der Waals surface area contributed by atoms with Crippen LogP contribution in [0.3, 0.4) is 0 Å². The molecule has 0 saturated heterocycles. The minimum Gasteiger partial charge on any atom is -0.388 e. The summed E-state index contributed by atoms with van der Waals surface area (Å²) < 4.78 is 13.3. The minimum atomic E-state index is -0.785. The first-order chi connectivity index (χ1) is 8.30. The van der Waals surface area contributed by atoms with Crippen LogP contribution in [-0.4, -0.2) is 42.8 Å². The molecule has 0 saturated carbocycles. The van der Waals surface area contributed by atoms with Crippen molar-refractivity contribution in [1.29, 1.82) is 0 Å². The SMILES string of the molecule is Cc1ccc(CNCC(C)(O)CN(C)C)cc1F. The van der Waals surface area contributed by atoms with Gasteiger partial charge in [0.25, 0.3) is 0 Å². The molecule has 18 heavy (non-hydrogen) atoms. The molecule has 0 aromatic heterocycles. The molecule has 1 rings (SSSR count). The Bertz CT molecular complexity index is 391. The summed E-state index contributed by atoms with van der Waals surface area (Å²) >= 11 is 0. The highest BCUT2D eigenvalue weighted by molar-refractivity contribution is 5.23. The van der Waals surface area contributed by atoms with Gasteiger partial charge in [-0.3, -0.25) is 0 Å². The summed E-state index contributed by atoms with van der Waals surface area (Å²) in [4.78, 5) is 1.94. The number of aliphatic hydroxyl groups is 1. The number of rotatable bonds is 6. The summed E-state index contributed by atoms with van der Waals surface area (Å²) in [7, 11) is 3.84. The summed E-state index contributed by atoms with van der Waals surface area (Å²) in [5, 5.41) is 13.2. The van der Waals surface area contributed by atoms with Gasteiger partial charge < -0.3 is 15.3 Å². The molecule has 1 unspecified atom stereocenters. The number of nitrogens with one attached hydrogen (secondary N) is 1. The van der Waals surface area contributed by atoms with E-state index in [-0.39, 0.29) is 5.82 Å². The zero-order valence-corrected chi connectivity index (χ0v) is 11.6. The predicted molar refractivity (Wildman–Crippen MR) is 72.0 cm³/mol. The largest absolute Gasteiger partial charge is 0.388 e. The summed E-state index contributed by atoms with van der Waals surface area (Å²) in [6, 6.07) is 5.19. The third kappa shape index (κ3) is 5.12. The van der Waals surface area contributed by atoms with Gasteiger partial charge in [-0.05, 0) is 45.1 Å². The Morgan fingerprint density at radius 1 is 1.39 bits per heavy atom. The van der Waals surface area contributed by atoms with E-state index in [0.717, 1.165) is 5.56 Å². The van der Waals surface area contributed by atoms with Crippen molar-refractivity contribution in [2.75, 3.05) is 27.2 Å². The molecule has 0 fully saturated rings. The molecular weight excluding hydrogens is 231 g/mol. The molecule has 0 heterocycles. The maximum Gasteiger partial charge on any atom is 0.126 e. The number of hydrogen-bond acceptors (Lipinski definition) is 3. The molecule has 2 N–H and O–H groups in total. The fraction of sp³-hybridized carbons (Fsp3) is 0.571. The zero-order valence-electron chi connectivity index (χ0n) is 11.6. The van der Waals surface area contributed by atoms with Crippen LogP contribution in [0.2, 0.25) is 0 Å². The van der Waals surface area contributed by atoms with E-state index in [1.165, 1.54) is 6.07 Å². The van der Waals surface area contributed by atoms with E-state index >= 15 is 0 Å². The van der Waals surface area contributed by atoms with Gasteiger partial charge in [0, 0.05) is 19.6 Å². The highest BCUT2D eigenvalue weighted by Crippen LogP contribution is 2.09. The highest BCUT2D eigenvalue weighted by atomic mass is 19.1. The van der Waals surface area contributed by atoms with Crippen molar-refractivity contribution in [2.24, 2.45) is 0 Å². The quantitative estimate of drug-likeness (QED) is 0.808. The Morgan fingerprint density at radius 2 is 2.06 bits per heavy atom. The van der Waals surface area contributed by atoms with Crippen LogP contribution in [-0.2, 0) is 6.54 Å². The number of halogens is 1. The highest BCUT2D eigenvalue weighted by Gasteiger charge is 2.20. The molecule has 0 amide bonds. The lowest BCUT2D eigenvalue weighted by molar-refractivity contribution is 0.0336. The van der Waals surface area contributed by atoms with Gasteiger partial charge >= 0.3 is 0 Å². The first-order valence-corrected chi connectivity index (χ1v) is 6.13. The van der Waals surface area contributed by atoms with Gasteiger partial charge in [0.2, 0.25) is 0 Å². The molecule has 0 aliphatic carbocycles. The van der Waals surface area contributed by atoms with Crippen LogP contribution in [0.5, 0.6) is 0 Å². The fourth-order valence-electron chi connectivity index (χ4n) is 1.96. The average molecular weight is 254 g/mol. The zero-order chi connectivity index (χ0) is 13.8. The summed E-state index contributed by atoms with van der Waals surface area (Å²) in [5.41, 5.74) is 0.754. The lowest BCUT2D eigenvalue weighted by Crippen LogP contribution is -2.45. The Morgan fingerprint density at radius 3 is 2.61 bits per heavy atom. The number of hydrogen-bond donors (Lipinski definition) is 2. The Hall–Kier alpha value is -0.970. The molecule has 4 heteroatoms. The predicted octanol–water partition coefficient (Wildman–Crippen LogP) is 1.54. The third-order valence-electron chi connectivity index (χ3n) is 2.73. The number of benzene rings is 1. The normalized spacial score (nSPS) is 14.8. The Labute approximate surface area is 109 Å². The fourth-order valence-corrected chi connectivity index (χ4v) is 1.96. The van der Waals surface area contributed by atoms with E-state index in [9.17, 15) is 9.50 Å². The topological polar surface area (TPSA) is 35.5 Å². The second-order valence-electron chi connectivity index (χ2n) is 5.42. The van der Waals surface area contributed by atoms with E-state index in [0.29, 0.717) is 25.2 Å². The van der Waals surface area contributed by atoms with Crippen molar-refractivity contribution in [1.82, 2.24) is 10.2 Å². The van der Waals surface area contributed by atoms with Gasteiger partial charge in [0.05, 0.1) is 5.60 Å². The van der Waals surface area contributed by atoms with Gasteiger partial charge in [-0.2, -0.15) is 0 Å². The standard InChI is InChI=1S/C14H23FN2O/c1-11-5-6-12(7-13(11)15)8-16-9-14(2,18)10-17(3)4/h5-7,16,18H,8-10H2,1-4H3. The second kappa shape index (κ2) is 6.27. The molecule has 0 aliphatic rings. The average Bonchev–Trinajstić information content (AvgIpc) is 2.21. The Kier molecular flexibility index (Phi) is 5.26. The van der Waals surface area contributed by atoms with Crippen molar-refractivity contribution in [2.45, 2.75) is 26.0 Å². The lowest BCUT2D eigenvalue weighted by Gasteiger charge is -2.27. The van der Waals surface area contributed by atoms with Gasteiger partial charge in [-0.15, -0.1) is 0 Å². The van der Waals surface area contributed by atoms with Crippen LogP contribution in [0, 0.1) is 12.7 Å². The lowest BCUT2D eigenvalue weighted by atomic mass is 10.1. The van der Waals surface area contributed by atoms with E-state index < -0.39 is 5.60 Å². The first-order valence-electron chi connectivity index (χ1n) is 6.13. The summed E-state index contributed by atoms with van der Waals surface area (Å²) in [6.07, 6.45) is 0. The monoisotopic (exact) mass is 254 g/mol. The van der Waals surface area contributed by atoms with Gasteiger partial charge in [-0.1, -0.05) is 12.1 Å². The first kappa shape index (κ1) is 15.1. The molecule has 1 atom stereocenters. The number of likely N-dealkylation sites (N-methyl/N-ethyl adjacent to an activating group) is 1. The van der Waals surface area contributed by atoms with Crippen LogP contribution in [0.25, 0.3) is 0 Å². The van der Waals surface area contributed by atoms with Crippen molar-refractivity contribution in [3.63, 3.8) is 0 Å². The van der Waals surface area contributed by atoms with Gasteiger partial charge in [-0.25, -0.2) is 4.39 Å². The smallest absolute Gasteiger partial charge is 0.126 e. The molecular formula is C14H23FN2O. The van der Waals surface area contributed by atoms with Gasteiger partial charge in [0.15, 0.2) is 0 Å². The number of aryl methyl sites for hydroxylation is 1. The van der Waals surface area contributed by atoms with Crippen LogP contribution in [0.1, 0.15) is 18.1 Å². The van der Waals surface area contributed by atoms with Crippen LogP contribution in [0.15, 0.2) is 18.2 Å². The molecule has 1 aromatic carbocycles. The number of nitrogens with zero attached hydrogens (tertiary/aromatic N) is 1. The van der Waals surface area contributed by atoms with Crippen LogP contribution >= 0.6 is 0 Å². The van der Waals surface area contributed by atoms with E-state index in [2.05, 4.69) is 5.32 Å². The van der Waals surface area contributed by atoms with E-state index in [1.807, 2.05) is 25.1 Å². The van der Waals surface area contributed by atoms with Crippen molar-refractivity contribution < 1.29 is 9.50 Å². The van der Waals surface area contributed by atoms with Crippen LogP contribution in [0.4, 0.5) is 4.39 Å². The molecule has 102 valence electrons. The molecule has 0 bridgehead atoms. The van der Waals surface area contributed by atoms with Crippen molar-refractivity contribution in [3.8, 4) is 0 Å². The summed E-state index contributed by atoms with van der Waals surface area (Å²) in [6.45, 7) is 5.15. The molecule has 0 spiro atoms. The minimum absolute atomic E-state index is 0.186. The van der Waals surface area contributed by atoms with E-state index in [4.69, 9.17) is 0 Å². The Balaban J connectivity index is 2.43. The molecule has 0 aliphatic heterocycles.